The monoisotopic (exact) mass is 384 g/mol. The van der Waals surface area contributed by atoms with Crippen LogP contribution < -0.4 is 10.1 Å². The number of hydrogen-bond donors (Lipinski definition) is 2. The van der Waals surface area contributed by atoms with Gasteiger partial charge in [0.1, 0.15) is 11.6 Å². The summed E-state index contributed by atoms with van der Waals surface area (Å²) in [5, 5.41) is 3.16. The standard InChI is InChI=1S/C23H20N4O2/c1-29-18-8-6-16(7-9-18)21(17-10-12-24-13-11-17)27-23(28)20-5-3-2-4-19(20)22-25-14-15-26-22/h2-15,21H,1H3,(H,25,26)(H,27,28). The highest BCUT2D eigenvalue weighted by Crippen LogP contribution is 2.26. The predicted molar refractivity (Wildman–Crippen MR) is 111 cm³/mol. The van der Waals surface area contributed by atoms with E-state index in [0.717, 1.165) is 22.4 Å². The molecule has 4 aromatic rings. The Hall–Kier alpha value is -3.93. The van der Waals surface area contributed by atoms with Gasteiger partial charge in [0, 0.05) is 30.4 Å². The molecule has 1 atom stereocenters. The van der Waals surface area contributed by atoms with Gasteiger partial charge in [-0.3, -0.25) is 9.78 Å². The number of pyridine rings is 1. The summed E-state index contributed by atoms with van der Waals surface area (Å²) in [6.45, 7) is 0. The first-order valence-electron chi connectivity index (χ1n) is 9.20. The second-order valence-corrected chi connectivity index (χ2v) is 6.44. The number of amides is 1. The molecule has 0 aliphatic carbocycles. The van der Waals surface area contributed by atoms with Crippen LogP contribution in [0.25, 0.3) is 11.4 Å². The number of carbonyl (C=O) groups is 1. The minimum absolute atomic E-state index is 0.186. The Morgan fingerprint density at radius 3 is 2.38 bits per heavy atom. The van der Waals surface area contributed by atoms with Gasteiger partial charge in [-0.25, -0.2) is 4.98 Å². The minimum Gasteiger partial charge on any atom is -0.497 e. The van der Waals surface area contributed by atoms with Gasteiger partial charge < -0.3 is 15.0 Å². The van der Waals surface area contributed by atoms with Crippen molar-refractivity contribution in [1.82, 2.24) is 20.3 Å². The molecule has 6 heteroatoms. The summed E-state index contributed by atoms with van der Waals surface area (Å²) in [5.41, 5.74) is 3.18. The molecule has 0 aliphatic heterocycles. The zero-order valence-corrected chi connectivity index (χ0v) is 15.9. The van der Waals surface area contributed by atoms with Gasteiger partial charge in [-0.2, -0.15) is 0 Å². The maximum atomic E-state index is 13.2. The van der Waals surface area contributed by atoms with E-state index in [1.165, 1.54) is 0 Å². The Labute approximate surface area is 168 Å². The maximum Gasteiger partial charge on any atom is 0.252 e. The van der Waals surface area contributed by atoms with Crippen molar-refractivity contribution in [1.29, 1.82) is 0 Å². The summed E-state index contributed by atoms with van der Waals surface area (Å²) in [6, 6.07) is 18.5. The highest BCUT2D eigenvalue weighted by molar-refractivity contribution is 6.00. The van der Waals surface area contributed by atoms with E-state index < -0.39 is 0 Å². The lowest BCUT2D eigenvalue weighted by molar-refractivity contribution is 0.0943. The number of rotatable bonds is 6. The summed E-state index contributed by atoms with van der Waals surface area (Å²) in [6.07, 6.45) is 6.84. The van der Waals surface area contributed by atoms with Gasteiger partial charge in [-0.1, -0.05) is 30.3 Å². The Morgan fingerprint density at radius 1 is 0.966 bits per heavy atom. The normalized spacial score (nSPS) is 11.6. The Morgan fingerprint density at radius 2 is 1.69 bits per heavy atom. The first-order chi connectivity index (χ1) is 14.3. The molecule has 1 unspecified atom stereocenters. The highest BCUT2D eigenvalue weighted by atomic mass is 16.5. The van der Waals surface area contributed by atoms with E-state index in [9.17, 15) is 4.79 Å². The number of nitrogens with one attached hydrogen (secondary N) is 2. The molecule has 2 N–H and O–H groups in total. The van der Waals surface area contributed by atoms with Crippen LogP contribution in [0.5, 0.6) is 5.75 Å². The van der Waals surface area contributed by atoms with Crippen LogP contribution in [-0.2, 0) is 0 Å². The second-order valence-electron chi connectivity index (χ2n) is 6.44. The van der Waals surface area contributed by atoms with Crippen molar-refractivity contribution in [2.24, 2.45) is 0 Å². The largest absolute Gasteiger partial charge is 0.497 e. The van der Waals surface area contributed by atoms with Crippen molar-refractivity contribution in [3.05, 3.63) is 102 Å². The van der Waals surface area contributed by atoms with Gasteiger partial charge in [0.2, 0.25) is 0 Å². The van der Waals surface area contributed by atoms with E-state index in [-0.39, 0.29) is 11.9 Å². The van der Waals surface area contributed by atoms with Gasteiger partial charge >= 0.3 is 0 Å². The number of nitrogens with zero attached hydrogens (tertiary/aromatic N) is 2. The van der Waals surface area contributed by atoms with Crippen LogP contribution in [-0.4, -0.2) is 28.0 Å². The maximum absolute atomic E-state index is 13.2. The average Bonchev–Trinajstić information content (AvgIpc) is 3.33. The third-order valence-corrected chi connectivity index (χ3v) is 4.69. The highest BCUT2D eigenvalue weighted by Gasteiger charge is 2.20. The molecule has 29 heavy (non-hydrogen) atoms. The van der Waals surface area contributed by atoms with Crippen LogP contribution in [0.1, 0.15) is 27.5 Å². The van der Waals surface area contributed by atoms with Crippen molar-refractivity contribution in [3.63, 3.8) is 0 Å². The Balaban J connectivity index is 1.69. The van der Waals surface area contributed by atoms with Gasteiger partial charge in [0.05, 0.1) is 18.7 Å². The summed E-state index contributed by atoms with van der Waals surface area (Å²) in [5.74, 6) is 1.23. The van der Waals surface area contributed by atoms with E-state index in [4.69, 9.17) is 4.74 Å². The van der Waals surface area contributed by atoms with Gasteiger partial charge in [0.25, 0.3) is 5.91 Å². The van der Waals surface area contributed by atoms with E-state index in [0.29, 0.717) is 11.4 Å². The molecule has 0 bridgehead atoms. The van der Waals surface area contributed by atoms with Gasteiger partial charge in [-0.15, -0.1) is 0 Å². The third-order valence-electron chi connectivity index (χ3n) is 4.69. The van der Waals surface area contributed by atoms with Crippen molar-refractivity contribution >= 4 is 5.91 Å². The first-order valence-corrected chi connectivity index (χ1v) is 9.20. The average molecular weight is 384 g/mol. The van der Waals surface area contributed by atoms with Crippen LogP contribution in [0.15, 0.2) is 85.5 Å². The molecule has 0 spiro atoms. The Kier molecular flexibility index (Phi) is 5.33. The minimum atomic E-state index is -0.332. The quantitative estimate of drug-likeness (QED) is 0.527. The summed E-state index contributed by atoms with van der Waals surface area (Å²) in [4.78, 5) is 24.7. The molecule has 2 aromatic heterocycles. The van der Waals surface area contributed by atoms with E-state index in [1.807, 2.05) is 54.6 Å². The number of aromatic nitrogens is 3. The molecule has 0 saturated carbocycles. The molecule has 1 amide bonds. The second kappa shape index (κ2) is 8.39. The summed E-state index contributed by atoms with van der Waals surface area (Å²) >= 11 is 0. The van der Waals surface area contributed by atoms with Crippen molar-refractivity contribution in [2.75, 3.05) is 7.11 Å². The van der Waals surface area contributed by atoms with Crippen LogP contribution >= 0.6 is 0 Å². The SMILES string of the molecule is COc1ccc(C(NC(=O)c2ccccc2-c2ncc[nH]2)c2ccncc2)cc1. The van der Waals surface area contributed by atoms with Crippen molar-refractivity contribution in [3.8, 4) is 17.1 Å². The number of hydrogen-bond acceptors (Lipinski definition) is 4. The van der Waals surface area contributed by atoms with E-state index in [2.05, 4.69) is 20.3 Å². The molecule has 144 valence electrons. The number of imidazole rings is 1. The molecule has 0 fully saturated rings. The molecule has 0 aliphatic rings. The number of ether oxygens (including phenoxy) is 1. The summed E-state index contributed by atoms with van der Waals surface area (Å²) < 4.78 is 5.25. The molecule has 2 heterocycles. The molecule has 2 aromatic carbocycles. The van der Waals surface area contributed by atoms with E-state index in [1.54, 1.807) is 38.0 Å². The van der Waals surface area contributed by atoms with Crippen molar-refractivity contribution < 1.29 is 9.53 Å². The number of carbonyl (C=O) groups excluding carboxylic acids is 1. The molecule has 4 rings (SSSR count). The lowest BCUT2D eigenvalue weighted by atomic mass is 9.98. The zero-order chi connectivity index (χ0) is 20.1. The fourth-order valence-corrected chi connectivity index (χ4v) is 3.22. The Bertz CT molecular complexity index is 1080. The van der Waals surface area contributed by atoms with Gasteiger partial charge in [-0.05, 0) is 41.5 Å². The fourth-order valence-electron chi connectivity index (χ4n) is 3.22. The molecule has 0 saturated heterocycles. The van der Waals surface area contributed by atoms with Crippen molar-refractivity contribution in [2.45, 2.75) is 6.04 Å². The first kappa shape index (κ1) is 18.4. The van der Waals surface area contributed by atoms with Crippen LogP contribution in [0, 0.1) is 0 Å². The zero-order valence-electron chi connectivity index (χ0n) is 15.9. The lowest BCUT2D eigenvalue weighted by Crippen LogP contribution is -2.29. The van der Waals surface area contributed by atoms with Crippen LogP contribution in [0.4, 0.5) is 0 Å². The molecular formula is C23H20N4O2. The molecule has 0 radical (unpaired) electrons. The number of benzene rings is 2. The van der Waals surface area contributed by atoms with Crippen LogP contribution in [0.3, 0.4) is 0 Å². The lowest BCUT2D eigenvalue weighted by Gasteiger charge is -2.21. The number of H-pyrrole nitrogens is 1. The van der Waals surface area contributed by atoms with Gasteiger partial charge in [0.15, 0.2) is 0 Å². The topological polar surface area (TPSA) is 79.9 Å². The number of methoxy groups -OCH3 is 1. The fraction of sp³-hybridized carbons (Fsp3) is 0.0870. The molecule has 6 nitrogen and oxygen atoms in total. The number of aromatic amines is 1. The summed E-state index contributed by atoms with van der Waals surface area (Å²) in [7, 11) is 1.63. The van der Waals surface area contributed by atoms with Crippen LogP contribution in [0.2, 0.25) is 0 Å². The van der Waals surface area contributed by atoms with E-state index >= 15 is 0 Å². The molecular weight excluding hydrogens is 364 g/mol. The predicted octanol–water partition coefficient (Wildman–Crippen LogP) is 4.00. The smallest absolute Gasteiger partial charge is 0.252 e. The third kappa shape index (κ3) is 4.01.